The minimum Gasteiger partial charge on any atom is -0.304 e. The molecule has 0 spiro atoms. The van der Waals surface area contributed by atoms with Crippen LogP contribution in [0.4, 0.5) is 0 Å². The van der Waals surface area contributed by atoms with Gasteiger partial charge in [-0.25, -0.2) is 0 Å². The zero-order valence-corrected chi connectivity index (χ0v) is 9.60. The number of nitrogens with zero attached hydrogens (tertiary/aromatic N) is 1. The van der Waals surface area contributed by atoms with E-state index in [-0.39, 0.29) is 0 Å². The molecule has 0 N–H and O–H groups in total. The Hall–Kier alpha value is 0.177. The van der Waals surface area contributed by atoms with Crippen molar-refractivity contribution < 1.29 is 0 Å². The maximum absolute atomic E-state index is 3.54. The van der Waals surface area contributed by atoms with Crippen molar-refractivity contribution in [3.63, 3.8) is 0 Å². The fourth-order valence-electron chi connectivity index (χ4n) is 1.26. The molecule has 0 amide bonds. The van der Waals surface area contributed by atoms with Crippen molar-refractivity contribution in [1.82, 2.24) is 4.90 Å². The molecule has 0 saturated heterocycles. The van der Waals surface area contributed by atoms with Gasteiger partial charge in [-0.2, -0.15) is 0 Å². The van der Waals surface area contributed by atoms with E-state index in [2.05, 4.69) is 29.0 Å². The Bertz CT molecular complexity index is 77.9. The Morgan fingerprint density at radius 1 is 0.917 bits per heavy atom. The fraction of sp³-hybridized carbons (Fsp3) is 1.00. The van der Waals surface area contributed by atoms with E-state index in [1.165, 1.54) is 45.3 Å². The Morgan fingerprint density at radius 3 is 1.75 bits per heavy atom. The molecule has 0 unspecified atom stereocenters. The van der Waals surface area contributed by atoms with Gasteiger partial charge in [0, 0.05) is 10.2 Å². The smallest absolute Gasteiger partial charge is 0.0238 e. The van der Waals surface area contributed by atoms with Gasteiger partial charge >= 0.3 is 0 Å². The molecule has 0 atom stereocenters. The van der Waals surface area contributed by atoms with Crippen molar-refractivity contribution in [3.8, 4) is 0 Å². The third kappa shape index (κ3) is 6.86. The van der Waals surface area contributed by atoms with Gasteiger partial charge in [0.25, 0.3) is 0 Å². The summed E-state index contributed by atoms with van der Waals surface area (Å²) < 4.78 is 0. The molecule has 3 radical (unpaired) electrons. The second kappa shape index (κ2) is 9.27. The minimum absolute atomic E-state index is 1.10. The lowest BCUT2D eigenvalue weighted by Gasteiger charge is -2.20. The predicted molar refractivity (Wildman–Crippen MR) is 56.8 cm³/mol. The molecule has 0 aliphatic heterocycles. The van der Waals surface area contributed by atoms with Gasteiger partial charge in [-0.15, -0.1) is 0 Å². The maximum atomic E-state index is 3.54. The summed E-state index contributed by atoms with van der Waals surface area (Å²) in [7, 11) is 3.54. The zero-order valence-electron chi connectivity index (χ0n) is 8.60. The summed E-state index contributed by atoms with van der Waals surface area (Å²) in [5.74, 6) is 0. The van der Waals surface area contributed by atoms with Crippen molar-refractivity contribution in [2.45, 2.75) is 45.6 Å². The molecular weight excluding hydrogens is 162 g/mol. The molecule has 0 heterocycles. The van der Waals surface area contributed by atoms with E-state index < -0.39 is 0 Å². The second-order valence-electron chi connectivity index (χ2n) is 3.30. The van der Waals surface area contributed by atoms with Crippen LogP contribution < -0.4 is 0 Å². The molecule has 0 aliphatic carbocycles. The van der Waals surface area contributed by atoms with Crippen LogP contribution in [0.25, 0.3) is 0 Å². The topological polar surface area (TPSA) is 3.24 Å². The number of unbranched alkanes of at least 4 members (excludes halogenated alkanes) is 2. The molecule has 0 aromatic rings. The standard InChI is InChI=1S/C10H22NSi/c1-3-5-7-11(9-10-12)8-6-4-2/h3-10H2,1-2H3. The van der Waals surface area contributed by atoms with E-state index in [4.69, 9.17) is 0 Å². The van der Waals surface area contributed by atoms with Crippen LogP contribution in [0, 0.1) is 0 Å². The van der Waals surface area contributed by atoms with Gasteiger partial charge in [0.15, 0.2) is 0 Å². The van der Waals surface area contributed by atoms with Crippen LogP contribution in [0.2, 0.25) is 6.04 Å². The lowest BCUT2D eigenvalue weighted by atomic mass is 10.2. The van der Waals surface area contributed by atoms with Gasteiger partial charge in [-0.3, -0.25) is 0 Å². The highest BCUT2D eigenvalue weighted by Gasteiger charge is 2.00. The van der Waals surface area contributed by atoms with E-state index in [0.29, 0.717) is 0 Å². The fourth-order valence-corrected chi connectivity index (χ4v) is 1.57. The Balaban J connectivity index is 3.40. The molecule has 0 aromatic heterocycles. The molecule has 0 aliphatic rings. The lowest BCUT2D eigenvalue weighted by Crippen LogP contribution is -2.26. The van der Waals surface area contributed by atoms with Gasteiger partial charge in [0.2, 0.25) is 0 Å². The first-order valence-electron chi connectivity index (χ1n) is 5.22. The summed E-state index contributed by atoms with van der Waals surface area (Å²) in [4.78, 5) is 2.56. The van der Waals surface area contributed by atoms with E-state index in [0.717, 1.165) is 6.04 Å². The largest absolute Gasteiger partial charge is 0.304 e. The summed E-state index contributed by atoms with van der Waals surface area (Å²) in [5.41, 5.74) is 0. The highest BCUT2D eigenvalue weighted by molar-refractivity contribution is 6.08. The molecule has 0 bridgehead atoms. The van der Waals surface area contributed by atoms with Gasteiger partial charge in [-0.05, 0) is 32.5 Å². The molecular formula is C10H22NSi. The highest BCUT2D eigenvalue weighted by Crippen LogP contribution is 1.99. The van der Waals surface area contributed by atoms with Crippen LogP contribution in [0.3, 0.4) is 0 Å². The monoisotopic (exact) mass is 184 g/mol. The quantitative estimate of drug-likeness (QED) is 0.524. The van der Waals surface area contributed by atoms with Crippen LogP contribution in [0.15, 0.2) is 0 Å². The third-order valence-corrected chi connectivity index (χ3v) is 2.31. The minimum atomic E-state index is 1.10. The second-order valence-corrected chi connectivity index (χ2v) is 3.80. The van der Waals surface area contributed by atoms with E-state index >= 15 is 0 Å². The van der Waals surface area contributed by atoms with Gasteiger partial charge in [0.05, 0.1) is 0 Å². The van der Waals surface area contributed by atoms with Crippen molar-refractivity contribution >= 4 is 10.2 Å². The molecule has 0 aromatic carbocycles. The molecule has 0 rings (SSSR count). The highest BCUT2D eigenvalue weighted by atomic mass is 28.1. The lowest BCUT2D eigenvalue weighted by molar-refractivity contribution is 0.279. The third-order valence-electron chi connectivity index (χ3n) is 2.08. The Morgan fingerprint density at radius 2 is 1.42 bits per heavy atom. The summed E-state index contributed by atoms with van der Waals surface area (Å²) >= 11 is 0. The normalized spacial score (nSPS) is 11.0. The van der Waals surface area contributed by atoms with Gasteiger partial charge in [-0.1, -0.05) is 32.7 Å². The van der Waals surface area contributed by atoms with E-state index in [1.54, 1.807) is 0 Å². The molecule has 1 nitrogen and oxygen atoms in total. The average molecular weight is 184 g/mol. The summed E-state index contributed by atoms with van der Waals surface area (Å²) in [6.07, 6.45) is 5.31. The molecule has 12 heavy (non-hydrogen) atoms. The Kier molecular flexibility index (Phi) is 9.40. The van der Waals surface area contributed by atoms with Crippen molar-refractivity contribution in [3.05, 3.63) is 0 Å². The number of hydrogen-bond acceptors (Lipinski definition) is 1. The SMILES string of the molecule is CCCCN(CC[Si])CCCC. The van der Waals surface area contributed by atoms with Gasteiger partial charge in [0.1, 0.15) is 0 Å². The number of rotatable bonds is 8. The predicted octanol–water partition coefficient (Wildman–Crippen LogP) is 2.48. The molecule has 0 saturated carbocycles. The van der Waals surface area contributed by atoms with Crippen molar-refractivity contribution in [2.75, 3.05) is 19.6 Å². The van der Waals surface area contributed by atoms with E-state index in [9.17, 15) is 0 Å². The first-order valence-corrected chi connectivity index (χ1v) is 5.92. The van der Waals surface area contributed by atoms with Crippen LogP contribution >= 0.6 is 0 Å². The number of hydrogen-bond donors (Lipinski definition) is 0. The van der Waals surface area contributed by atoms with Crippen LogP contribution in [0.1, 0.15) is 39.5 Å². The van der Waals surface area contributed by atoms with E-state index in [1.807, 2.05) is 0 Å². The van der Waals surface area contributed by atoms with Crippen LogP contribution in [0.5, 0.6) is 0 Å². The van der Waals surface area contributed by atoms with Gasteiger partial charge < -0.3 is 4.90 Å². The zero-order chi connectivity index (χ0) is 9.23. The summed E-state index contributed by atoms with van der Waals surface area (Å²) in [6, 6.07) is 1.10. The molecule has 0 fully saturated rings. The van der Waals surface area contributed by atoms with Crippen molar-refractivity contribution in [1.29, 1.82) is 0 Å². The first-order chi connectivity index (χ1) is 5.85. The van der Waals surface area contributed by atoms with Crippen LogP contribution in [-0.2, 0) is 0 Å². The average Bonchev–Trinajstić information content (AvgIpc) is 2.10. The van der Waals surface area contributed by atoms with Crippen LogP contribution in [-0.4, -0.2) is 34.8 Å². The summed E-state index contributed by atoms with van der Waals surface area (Å²) in [6.45, 7) is 8.27. The summed E-state index contributed by atoms with van der Waals surface area (Å²) in [5, 5.41) is 0. The first kappa shape index (κ1) is 12.2. The maximum Gasteiger partial charge on any atom is 0.0238 e. The molecule has 2 heteroatoms. The Labute approximate surface area is 81.0 Å². The van der Waals surface area contributed by atoms with Crippen molar-refractivity contribution in [2.24, 2.45) is 0 Å². The molecule has 71 valence electrons.